The van der Waals surface area contributed by atoms with Crippen LogP contribution in [0.5, 0.6) is 0 Å². The minimum absolute atomic E-state index is 0.467. The van der Waals surface area contributed by atoms with E-state index in [9.17, 15) is 5.11 Å². The van der Waals surface area contributed by atoms with Crippen LogP contribution in [0.4, 0.5) is 0 Å². The van der Waals surface area contributed by atoms with E-state index < -0.39 is 5.60 Å². The zero-order chi connectivity index (χ0) is 13.3. The average Bonchev–Trinajstić information content (AvgIpc) is 2.70. The number of aliphatic hydroxyl groups is 1. The van der Waals surface area contributed by atoms with Gasteiger partial charge in [-0.3, -0.25) is 4.90 Å². The Morgan fingerprint density at radius 1 is 1.33 bits per heavy atom. The number of hydrogen-bond acceptors (Lipinski definition) is 3. The van der Waals surface area contributed by atoms with Crippen LogP contribution in [-0.4, -0.2) is 30.1 Å². The molecule has 1 fully saturated rings. The Balaban J connectivity index is 2.15. The van der Waals surface area contributed by atoms with E-state index in [1.165, 1.54) is 5.56 Å². The topological polar surface area (TPSA) is 49.5 Å². The minimum Gasteiger partial charge on any atom is -0.386 e. The largest absolute Gasteiger partial charge is 0.386 e. The molecule has 0 bridgehead atoms. The van der Waals surface area contributed by atoms with Gasteiger partial charge in [-0.15, -0.1) is 0 Å². The van der Waals surface area contributed by atoms with Crippen molar-refractivity contribution < 1.29 is 5.11 Å². The van der Waals surface area contributed by atoms with Crippen LogP contribution in [0.15, 0.2) is 24.3 Å². The normalized spacial score (nSPS) is 25.6. The molecule has 2 unspecified atom stereocenters. The lowest BCUT2D eigenvalue weighted by Crippen LogP contribution is -2.21. The molecule has 3 N–H and O–H groups in total. The second kappa shape index (κ2) is 5.00. The molecule has 0 aromatic heterocycles. The predicted molar refractivity (Wildman–Crippen MR) is 74.2 cm³/mol. The Morgan fingerprint density at radius 3 is 2.39 bits per heavy atom. The molecule has 0 spiro atoms. The van der Waals surface area contributed by atoms with Crippen molar-refractivity contribution in [2.24, 2.45) is 11.7 Å². The number of hydrogen-bond donors (Lipinski definition) is 2. The van der Waals surface area contributed by atoms with Gasteiger partial charge in [0, 0.05) is 12.6 Å². The molecule has 1 saturated heterocycles. The lowest BCUT2D eigenvalue weighted by Gasteiger charge is -2.22. The van der Waals surface area contributed by atoms with E-state index >= 15 is 0 Å². The van der Waals surface area contributed by atoms with Gasteiger partial charge in [-0.25, -0.2) is 0 Å². The van der Waals surface area contributed by atoms with E-state index in [1.807, 2.05) is 26.0 Å². The minimum atomic E-state index is -0.764. The molecule has 3 nitrogen and oxygen atoms in total. The van der Waals surface area contributed by atoms with Gasteiger partial charge in [-0.05, 0) is 50.9 Å². The maximum Gasteiger partial charge on any atom is 0.0840 e. The van der Waals surface area contributed by atoms with Crippen LogP contribution in [0.1, 0.15) is 37.4 Å². The van der Waals surface area contributed by atoms with Gasteiger partial charge in [0.1, 0.15) is 0 Å². The average molecular weight is 248 g/mol. The van der Waals surface area contributed by atoms with Crippen LogP contribution >= 0.6 is 0 Å². The fourth-order valence-corrected chi connectivity index (χ4v) is 2.78. The summed E-state index contributed by atoms with van der Waals surface area (Å²) in [5.74, 6) is 0.606. The van der Waals surface area contributed by atoms with Crippen molar-refractivity contribution in [3.05, 3.63) is 35.4 Å². The Kier molecular flexibility index (Phi) is 3.76. The summed E-state index contributed by atoms with van der Waals surface area (Å²) >= 11 is 0. The molecule has 100 valence electrons. The van der Waals surface area contributed by atoms with Crippen LogP contribution < -0.4 is 5.73 Å². The summed E-state index contributed by atoms with van der Waals surface area (Å²) < 4.78 is 0. The van der Waals surface area contributed by atoms with E-state index in [0.717, 1.165) is 25.1 Å². The van der Waals surface area contributed by atoms with Crippen LogP contribution in [0, 0.1) is 5.92 Å². The molecule has 0 amide bonds. The molecule has 1 aromatic carbocycles. The summed E-state index contributed by atoms with van der Waals surface area (Å²) in [6.45, 7) is 5.47. The fraction of sp³-hybridized carbons (Fsp3) is 0.600. The summed E-state index contributed by atoms with van der Waals surface area (Å²) in [7, 11) is 2.16. The molecule has 2 rings (SSSR count). The first-order valence-corrected chi connectivity index (χ1v) is 6.65. The third-order valence-electron chi connectivity index (χ3n) is 3.97. The molecule has 18 heavy (non-hydrogen) atoms. The van der Waals surface area contributed by atoms with E-state index in [0.29, 0.717) is 12.0 Å². The summed E-state index contributed by atoms with van der Waals surface area (Å²) in [4.78, 5) is 2.37. The molecule has 1 heterocycles. The quantitative estimate of drug-likeness (QED) is 0.858. The molecular weight excluding hydrogens is 224 g/mol. The zero-order valence-electron chi connectivity index (χ0n) is 11.6. The van der Waals surface area contributed by atoms with Crippen LogP contribution in [0.25, 0.3) is 0 Å². The molecular formula is C15H24N2O. The molecule has 1 aliphatic rings. The number of likely N-dealkylation sites (tertiary alicyclic amines) is 1. The number of nitrogens with zero attached hydrogens (tertiary/aromatic N) is 1. The molecule has 0 aliphatic carbocycles. The van der Waals surface area contributed by atoms with Gasteiger partial charge in [0.05, 0.1) is 5.60 Å². The predicted octanol–water partition coefficient (Wildman–Crippen LogP) is 1.87. The first kappa shape index (κ1) is 13.5. The van der Waals surface area contributed by atoms with Crippen molar-refractivity contribution in [2.45, 2.75) is 31.9 Å². The Bertz CT molecular complexity index is 394. The SMILES string of the molecule is CN1CC(CN)CC1c1ccc(C(C)(C)O)cc1. The van der Waals surface area contributed by atoms with Gasteiger partial charge in [0.2, 0.25) is 0 Å². The van der Waals surface area contributed by atoms with E-state index in [2.05, 4.69) is 24.1 Å². The third-order valence-corrected chi connectivity index (χ3v) is 3.97. The van der Waals surface area contributed by atoms with Gasteiger partial charge in [0.25, 0.3) is 0 Å². The molecule has 1 aromatic rings. The molecule has 1 aliphatic heterocycles. The van der Waals surface area contributed by atoms with Crippen LogP contribution in [0.2, 0.25) is 0 Å². The smallest absolute Gasteiger partial charge is 0.0840 e. The van der Waals surface area contributed by atoms with Crippen molar-refractivity contribution in [1.29, 1.82) is 0 Å². The third kappa shape index (κ3) is 2.74. The van der Waals surface area contributed by atoms with Crippen molar-refractivity contribution in [3.8, 4) is 0 Å². The summed E-state index contributed by atoms with van der Waals surface area (Å²) in [6.07, 6.45) is 1.13. The molecule has 2 atom stereocenters. The van der Waals surface area contributed by atoms with Gasteiger partial charge in [0.15, 0.2) is 0 Å². The summed E-state index contributed by atoms with van der Waals surface area (Å²) in [5, 5.41) is 9.95. The van der Waals surface area contributed by atoms with Crippen molar-refractivity contribution >= 4 is 0 Å². The number of nitrogens with two attached hydrogens (primary N) is 1. The Hall–Kier alpha value is -0.900. The van der Waals surface area contributed by atoms with E-state index in [1.54, 1.807) is 0 Å². The van der Waals surface area contributed by atoms with Gasteiger partial charge in [-0.1, -0.05) is 24.3 Å². The Labute approximate surface area is 110 Å². The highest BCUT2D eigenvalue weighted by molar-refractivity contribution is 5.28. The van der Waals surface area contributed by atoms with Crippen LogP contribution in [-0.2, 0) is 5.60 Å². The second-order valence-corrected chi connectivity index (χ2v) is 5.97. The highest BCUT2D eigenvalue weighted by atomic mass is 16.3. The lowest BCUT2D eigenvalue weighted by molar-refractivity contribution is 0.0785. The van der Waals surface area contributed by atoms with Gasteiger partial charge >= 0.3 is 0 Å². The van der Waals surface area contributed by atoms with Crippen LogP contribution in [0.3, 0.4) is 0 Å². The van der Waals surface area contributed by atoms with Gasteiger partial charge in [-0.2, -0.15) is 0 Å². The number of benzene rings is 1. The maximum atomic E-state index is 9.95. The summed E-state index contributed by atoms with van der Waals surface area (Å²) in [6, 6.07) is 8.79. The van der Waals surface area contributed by atoms with Crippen molar-refractivity contribution in [3.63, 3.8) is 0 Å². The summed E-state index contributed by atoms with van der Waals surface area (Å²) in [5.41, 5.74) is 7.28. The van der Waals surface area contributed by atoms with Crippen molar-refractivity contribution in [2.75, 3.05) is 20.1 Å². The molecule has 0 saturated carbocycles. The first-order valence-electron chi connectivity index (χ1n) is 6.65. The molecule has 0 radical (unpaired) electrons. The first-order chi connectivity index (χ1) is 8.41. The standard InChI is InChI=1S/C15H24N2O/c1-15(2,18)13-6-4-12(5-7-13)14-8-11(9-16)10-17(14)3/h4-7,11,14,18H,8-10,16H2,1-3H3. The Morgan fingerprint density at radius 2 is 1.94 bits per heavy atom. The van der Waals surface area contributed by atoms with Crippen molar-refractivity contribution in [1.82, 2.24) is 4.90 Å². The number of rotatable bonds is 3. The van der Waals surface area contributed by atoms with E-state index in [-0.39, 0.29) is 0 Å². The fourth-order valence-electron chi connectivity index (χ4n) is 2.78. The van der Waals surface area contributed by atoms with E-state index in [4.69, 9.17) is 5.73 Å². The van der Waals surface area contributed by atoms with Gasteiger partial charge < -0.3 is 10.8 Å². The lowest BCUT2D eigenvalue weighted by atomic mass is 9.94. The second-order valence-electron chi connectivity index (χ2n) is 5.97. The maximum absolute atomic E-state index is 9.95. The highest BCUT2D eigenvalue weighted by Crippen LogP contribution is 2.34. The zero-order valence-corrected chi connectivity index (χ0v) is 11.6. The highest BCUT2D eigenvalue weighted by Gasteiger charge is 2.29. The monoisotopic (exact) mass is 248 g/mol. The molecule has 3 heteroatoms.